The lowest BCUT2D eigenvalue weighted by molar-refractivity contribution is -0.104. The summed E-state index contributed by atoms with van der Waals surface area (Å²) in [5.41, 5.74) is 2.00. The maximum atomic E-state index is 11.4. The average Bonchev–Trinajstić information content (AvgIpc) is 2.80. The third-order valence-corrected chi connectivity index (χ3v) is 5.19. The lowest BCUT2D eigenvalue weighted by atomic mass is 10.0. The van der Waals surface area contributed by atoms with Crippen LogP contribution in [-0.2, 0) is 4.79 Å². The summed E-state index contributed by atoms with van der Waals surface area (Å²) < 4.78 is 11.2. The Labute approximate surface area is 187 Å². The topological polar surface area (TPSA) is 68.7 Å². The number of hydrogen-bond donors (Lipinski definition) is 1. The summed E-state index contributed by atoms with van der Waals surface area (Å²) in [6.45, 7) is 6.55. The number of allylic oxidation sites excluding steroid dienone is 4. The van der Waals surface area contributed by atoms with Crippen LogP contribution in [0.2, 0.25) is 0 Å². The van der Waals surface area contributed by atoms with Gasteiger partial charge < -0.3 is 14.6 Å². The van der Waals surface area contributed by atoms with E-state index >= 15 is 0 Å². The van der Waals surface area contributed by atoms with Gasteiger partial charge in [-0.1, -0.05) is 70.1 Å². The van der Waals surface area contributed by atoms with E-state index in [0.29, 0.717) is 30.4 Å². The number of unbranched alkanes of at least 4 members (excludes halogenated alkanes) is 9. The minimum Gasteiger partial charge on any atom is -0.496 e. The summed E-state index contributed by atoms with van der Waals surface area (Å²) in [7, 11) is 1.59. The van der Waals surface area contributed by atoms with Gasteiger partial charge in [-0.25, -0.2) is 4.98 Å². The predicted octanol–water partition coefficient (Wildman–Crippen LogP) is 6.08. The van der Waals surface area contributed by atoms with Crippen molar-refractivity contribution in [2.45, 2.75) is 71.1 Å². The van der Waals surface area contributed by atoms with E-state index in [1.54, 1.807) is 31.5 Å². The lowest BCUT2D eigenvalue weighted by Crippen LogP contribution is -2.00. The zero-order valence-electron chi connectivity index (χ0n) is 19.3. The van der Waals surface area contributed by atoms with Gasteiger partial charge in [0, 0.05) is 30.0 Å². The molecule has 1 rings (SSSR count). The summed E-state index contributed by atoms with van der Waals surface area (Å²) in [5.74, 6) is 1.14. The number of aromatic nitrogens is 1. The van der Waals surface area contributed by atoms with Crippen LogP contribution in [0.5, 0.6) is 11.6 Å². The fraction of sp³-hybridized carbons (Fsp3) is 0.538. The van der Waals surface area contributed by atoms with E-state index < -0.39 is 0 Å². The normalized spacial score (nSPS) is 12.0. The second-order valence-corrected chi connectivity index (χ2v) is 7.54. The number of aliphatic hydroxyl groups excluding tert-OH is 1. The fourth-order valence-corrected chi connectivity index (χ4v) is 3.35. The van der Waals surface area contributed by atoms with Gasteiger partial charge in [-0.2, -0.15) is 0 Å². The van der Waals surface area contributed by atoms with E-state index in [1.165, 1.54) is 38.5 Å². The van der Waals surface area contributed by atoms with Crippen LogP contribution in [0.25, 0.3) is 6.08 Å². The number of carbonyl (C=O) groups excluding carboxylic acids is 1. The molecule has 5 heteroatoms. The van der Waals surface area contributed by atoms with Gasteiger partial charge in [0.25, 0.3) is 0 Å². The van der Waals surface area contributed by atoms with E-state index in [-0.39, 0.29) is 0 Å². The molecule has 0 saturated carbocycles. The largest absolute Gasteiger partial charge is 0.496 e. The highest BCUT2D eigenvalue weighted by Crippen LogP contribution is 2.26. The van der Waals surface area contributed by atoms with Gasteiger partial charge in [-0.15, -0.1) is 0 Å². The number of nitrogens with zero attached hydrogens (tertiary/aromatic N) is 1. The number of pyridine rings is 1. The first-order valence-corrected chi connectivity index (χ1v) is 11.4. The molecular formula is C26H39NO4. The highest BCUT2D eigenvalue weighted by Gasteiger charge is 2.08. The van der Waals surface area contributed by atoms with Gasteiger partial charge in [0.1, 0.15) is 5.75 Å². The molecule has 0 aromatic carbocycles. The number of methoxy groups -OCH3 is 1. The molecule has 1 aromatic rings. The molecule has 0 bridgehead atoms. The molecular weight excluding hydrogens is 390 g/mol. The van der Waals surface area contributed by atoms with Gasteiger partial charge in [0.05, 0.1) is 13.7 Å². The molecule has 0 unspecified atom stereocenters. The van der Waals surface area contributed by atoms with Crippen LogP contribution >= 0.6 is 0 Å². The molecule has 0 aliphatic heterocycles. The Morgan fingerprint density at radius 2 is 1.65 bits per heavy atom. The van der Waals surface area contributed by atoms with Gasteiger partial charge in [0.15, 0.2) is 6.29 Å². The highest BCUT2D eigenvalue weighted by atomic mass is 16.5. The number of rotatable bonds is 18. The van der Waals surface area contributed by atoms with Crippen LogP contribution in [0.1, 0.15) is 76.7 Å². The summed E-state index contributed by atoms with van der Waals surface area (Å²) in [5, 5.41) is 8.76. The van der Waals surface area contributed by atoms with Crippen LogP contribution in [0.3, 0.4) is 0 Å². The van der Waals surface area contributed by atoms with E-state index in [4.69, 9.17) is 14.6 Å². The van der Waals surface area contributed by atoms with Gasteiger partial charge in [-0.3, -0.25) is 4.79 Å². The quantitative estimate of drug-likeness (QED) is 0.133. The number of aliphatic hydroxyl groups is 1. The minimum atomic E-state index is 0.319. The fourth-order valence-electron chi connectivity index (χ4n) is 3.35. The number of carbonyl (C=O) groups is 1. The molecule has 0 atom stereocenters. The van der Waals surface area contributed by atoms with E-state index in [2.05, 4.69) is 11.6 Å². The smallest absolute Gasteiger partial charge is 0.216 e. The molecule has 0 saturated heterocycles. The van der Waals surface area contributed by atoms with Crippen molar-refractivity contribution in [1.82, 2.24) is 4.98 Å². The molecule has 0 spiro atoms. The molecule has 0 fully saturated rings. The third-order valence-electron chi connectivity index (χ3n) is 5.19. The SMILES string of the molecule is C=CC(=C\C)/C(C=O)=C/c1cnc(OCCCCCCCCCCCCO)cc1OC. The second kappa shape index (κ2) is 17.3. The zero-order valence-corrected chi connectivity index (χ0v) is 19.3. The molecule has 1 N–H and O–H groups in total. The van der Waals surface area contributed by atoms with Crippen LogP contribution in [-0.4, -0.2) is 36.7 Å². The van der Waals surface area contributed by atoms with Crippen molar-refractivity contribution in [3.05, 3.63) is 47.7 Å². The van der Waals surface area contributed by atoms with Gasteiger partial charge in [0.2, 0.25) is 5.88 Å². The summed E-state index contributed by atoms with van der Waals surface area (Å²) in [6, 6.07) is 1.76. The first kappa shape index (κ1) is 26.6. The number of aldehydes is 1. The van der Waals surface area contributed by atoms with Crippen LogP contribution < -0.4 is 9.47 Å². The minimum absolute atomic E-state index is 0.319. The zero-order chi connectivity index (χ0) is 22.7. The molecule has 0 aliphatic carbocycles. The van der Waals surface area contributed by atoms with Gasteiger partial charge >= 0.3 is 0 Å². The third kappa shape index (κ3) is 11.0. The monoisotopic (exact) mass is 429 g/mol. The maximum absolute atomic E-state index is 11.4. The molecule has 5 nitrogen and oxygen atoms in total. The standard InChI is InChI=1S/C26H39NO4/c1-4-22(5-2)24(21-29)18-23-20-27-26(19-25(23)30-3)31-17-15-13-11-9-7-6-8-10-12-14-16-28/h4-5,18-21,28H,1,6-17H2,2-3H3/b22-5+,24-18+. The van der Waals surface area contributed by atoms with Gasteiger partial charge in [-0.05, 0) is 31.4 Å². The Bertz CT molecular complexity index is 709. The Balaban J connectivity index is 2.37. The average molecular weight is 430 g/mol. The summed E-state index contributed by atoms with van der Waals surface area (Å²) >= 11 is 0. The van der Waals surface area contributed by atoms with E-state index in [9.17, 15) is 4.79 Å². The lowest BCUT2D eigenvalue weighted by Gasteiger charge is -2.10. The van der Waals surface area contributed by atoms with Crippen molar-refractivity contribution in [3.8, 4) is 11.6 Å². The van der Waals surface area contributed by atoms with Crippen molar-refractivity contribution in [2.75, 3.05) is 20.3 Å². The molecule has 172 valence electrons. The number of hydrogen-bond acceptors (Lipinski definition) is 5. The van der Waals surface area contributed by atoms with Crippen molar-refractivity contribution in [3.63, 3.8) is 0 Å². The van der Waals surface area contributed by atoms with Crippen molar-refractivity contribution >= 4 is 12.4 Å². The summed E-state index contributed by atoms with van der Waals surface area (Å²) in [4.78, 5) is 15.8. The van der Waals surface area contributed by atoms with Crippen molar-refractivity contribution < 1.29 is 19.4 Å². The molecule has 0 radical (unpaired) electrons. The Hall–Kier alpha value is -2.40. The van der Waals surface area contributed by atoms with Crippen LogP contribution in [0.15, 0.2) is 42.1 Å². The number of ether oxygens (including phenoxy) is 2. The van der Waals surface area contributed by atoms with E-state index in [0.717, 1.165) is 43.1 Å². The molecule has 1 heterocycles. The van der Waals surface area contributed by atoms with E-state index in [1.807, 2.05) is 13.0 Å². The van der Waals surface area contributed by atoms with Crippen molar-refractivity contribution in [2.24, 2.45) is 0 Å². The van der Waals surface area contributed by atoms with Crippen LogP contribution in [0.4, 0.5) is 0 Å². The molecule has 0 aliphatic rings. The molecule has 1 aromatic heterocycles. The Morgan fingerprint density at radius 3 is 2.16 bits per heavy atom. The maximum Gasteiger partial charge on any atom is 0.216 e. The Morgan fingerprint density at radius 1 is 1.03 bits per heavy atom. The molecule has 31 heavy (non-hydrogen) atoms. The first-order chi connectivity index (χ1) is 15.2. The first-order valence-electron chi connectivity index (χ1n) is 11.4. The predicted molar refractivity (Wildman–Crippen MR) is 128 cm³/mol. The highest BCUT2D eigenvalue weighted by molar-refractivity contribution is 5.89. The summed E-state index contributed by atoms with van der Waals surface area (Å²) in [6.07, 6.45) is 19.5. The Kier molecular flexibility index (Phi) is 14.9. The van der Waals surface area contributed by atoms with Crippen LogP contribution in [0, 0.1) is 0 Å². The molecule has 0 amide bonds. The second-order valence-electron chi connectivity index (χ2n) is 7.54. The van der Waals surface area contributed by atoms with Crippen molar-refractivity contribution in [1.29, 1.82) is 0 Å².